The van der Waals surface area contributed by atoms with Crippen molar-refractivity contribution in [3.8, 4) is 5.69 Å². The van der Waals surface area contributed by atoms with Crippen LogP contribution in [-0.2, 0) is 0 Å². The normalized spacial score (nSPS) is 11.2. The van der Waals surface area contributed by atoms with Gasteiger partial charge in [-0.25, -0.2) is 0 Å². The minimum atomic E-state index is 0.418. The monoisotopic (exact) mass is 454 g/mol. The summed E-state index contributed by atoms with van der Waals surface area (Å²) in [6.07, 6.45) is 0. The van der Waals surface area contributed by atoms with Crippen LogP contribution in [0.2, 0.25) is 15.1 Å². The summed E-state index contributed by atoms with van der Waals surface area (Å²) in [6.45, 7) is 0. The lowest BCUT2D eigenvalue weighted by atomic mass is 10.3. The lowest BCUT2D eigenvalue weighted by Gasteiger charge is -2.09. The van der Waals surface area contributed by atoms with Crippen LogP contribution < -0.4 is 0 Å². The predicted octanol–water partition coefficient (Wildman–Crippen LogP) is 6.25. The Balaban J connectivity index is 2.38. The molecule has 0 aliphatic carbocycles. The Labute approximate surface area is 148 Å². The van der Waals surface area contributed by atoms with Crippen LogP contribution in [0.4, 0.5) is 0 Å². The van der Waals surface area contributed by atoms with Crippen molar-refractivity contribution >= 4 is 80.6 Å². The molecule has 102 valence electrons. The molecule has 1 N–H and O–H groups in total. The maximum absolute atomic E-state index is 6.27. The van der Waals surface area contributed by atoms with Crippen LogP contribution in [0.25, 0.3) is 16.7 Å². The Hall–Kier alpha value is -0.270. The molecule has 2 nitrogen and oxygen atoms in total. The predicted molar refractivity (Wildman–Crippen MR) is 96.2 cm³/mol. The molecule has 3 rings (SSSR count). The maximum atomic E-state index is 6.27. The van der Waals surface area contributed by atoms with Gasteiger partial charge in [-0.2, -0.15) is 0 Å². The highest BCUT2D eigenvalue weighted by atomic mass is 127. The number of rotatable bonds is 1. The van der Waals surface area contributed by atoms with Gasteiger partial charge in [0, 0.05) is 3.57 Å². The van der Waals surface area contributed by atoms with E-state index in [2.05, 4.69) is 27.6 Å². The minimum Gasteiger partial charge on any atom is -0.330 e. The number of halogens is 4. The lowest BCUT2D eigenvalue weighted by molar-refractivity contribution is 1.07. The third-order valence-corrected chi connectivity index (χ3v) is 4.86. The third kappa shape index (κ3) is 2.48. The highest BCUT2D eigenvalue weighted by Gasteiger charge is 2.12. The Morgan fingerprint density at radius 2 is 1.70 bits per heavy atom. The summed E-state index contributed by atoms with van der Waals surface area (Å²) in [7, 11) is 0. The SMILES string of the molecule is S=c1[nH]c2cc(I)ccc2n1-c1cc(Cl)c(Cl)cc1Cl. The van der Waals surface area contributed by atoms with Gasteiger partial charge in [0.25, 0.3) is 0 Å². The number of aromatic amines is 1. The number of imidazole rings is 1. The quantitative estimate of drug-likeness (QED) is 0.261. The summed E-state index contributed by atoms with van der Waals surface area (Å²) in [4.78, 5) is 3.17. The van der Waals surface area contributed by atoms with Gasteiger partial charge in [-0.05, 0) is 65.1 Å². The van der Waals surface area contributed by atoms with Crippen molar-refractivity contribution in [3.63, 3.8) is 0 Å². The van der Waals surface area contributed by atoms with E-state index in [0.717, 1.165) is 14.6 Å². The molecule has 3 aromatic rings. The number of fused-ring (bicyclic) bond motifs is 1. The molecule has 0 atom stereocenters. The van der Waals surface area contributed by atoms with E-state index < -0.39 is 0 Å². The summed E-state index contributed by atoms with van der Waals surface area (Å²) < 4.78 is 3.53. The fourth-order valence-corrected chi connectivity index (χ4v) is 3.43. The molecular formula is C13H6Cl3IN2S. The fourth-order valence-electron chi connectivity index (χ4n) is 2.01. The van der Waals surface area contributed by atoms with Gasteiger partial charge in [-0.15, -0.1) is 0 Å². The molecule has 0 bridgehead atoms. The third-order valence-electron chi connectivity index (χ3n) is 2.87. The van der Waals surface area contributed by atoms with Crippen molar-refractivity contribution in [2.75, 3.05) is 0 Å². The average Bonchev–Trinajstić information content (AvgIpc) is 2.69. The molecule has 1 heterocycles. The fraction of sp³-hybridized carbons (Fsp3) is 0. The first-order valence-corrected chi connectivity index (χ1v) is 8.14. The van der Waals surface area contributed by atoms with Crippen LogP contribution in [-0.4, -0.2) is 9.55 Å². The topological polar surface area (TPSA) is 20.7 Å². The van der Waals surface area contributed by atoms with E-state index in [1.54, 1.807) is 12.1 Å². The molecule has 0 aliphatic rings. The van der Waals surface area contributed by atoms with Crippen LogP contribution in [0.1, 0.15) is 0 Å². The second-order valence-corrected chi connectivity index (χ2v) is 7.00. The zero-order chi connectivity index (χ0) is 14.4. The van der Waals surface area contributed by atoms with Gasteiger partial charge >= 0.3 is 0 Å². The molecular weight excluding hydrogens is 449 g/mol. The van der Waals surface area contributed by atoms with Crippen molar-refractivity contribution in [2.24, 2.45) is 0 Å². The molecule has 0 saturated heterocycles. The van der Waals surface area contributed by atoms with E-state index in [9.17, 15) is 0 Å². The second-order valence-electron chi connectivity index (χ2n) is 4.14. The molecule has 7 heteroatoms. The number of nitrogens with one attached hydrogen (secondary N) is 1. The molecule has 0 saturated carbocycles. The highest BCUT2D eigenvalue weighted by molar-refractivity contribution is 14.1. The van der Waals surface area contributed by atoms with Crippen LogP contribution in [0.3, 0.4) is 0 Å². The number of hydrogen-bond acceptors (Lipinski definition) is 1. The van der Waals surface area contributed by atoms with Gasteiger partial charge < -0.3 is 4.98 Å². The number of benzene rings is 2. The molecule has 0 aliphatic heterocycles. The Bertz CT molecular complexity index is 885. The van der Waals surface area contributed by atoms with E-state index in [1.807, 2.05) is 22.8 Å². The standard InChI is InChI=1S/C13H6Cl3IN2S/c14-7-4-9(16)12(5-8(7)15)19-11-2-1-6(17)3-10(11)18-13(19)20/h1-5H,(H,18,20). The van der Waals surface area contributed by atoms with Crippen LogP contribution >= 0.6 is 69.6 Å². The molecule has 1 aromatic heterocycles. The average molecular weight is 456 g/mol. The van der Waals surface area contributed by atoms with Crippen LogP contribution in [0.15, 0.2) is 30.3 Å². The van der Waals surface area contributed by atoms with Crippen LogP contribution in [0.5, 0.6) is 0 Å². The maximum Gasteiger partial charge on any atom is 0.182 e. The van der Waals surface area contributed by atoms with Crippen molar-refractivity contribution in [1.82, 2.24) is 9.55 Å². The van der Waals surface area contributed by atoms with Crippen molar-refractivity contribution in [1.29, 1.82) is 0 Å². The van der Waals surface area contributed by atoms with Crippen LogP contribution in [0, 0.1) is 8.34 Å². The minimum absolute atomic E-state index is 0.418. The number of hydrogen-bond donors (Lipinski definition) is 1. The second kappa shape index (κ2) is 5.50. The zero-order valence-corrected chi connectivity index (χ0v) is 15.0. The first kappa shape index (κ1) is 14.7. The van der Waals surface area contributed by atoms with Gasteiger partial charge in [0.05, 0.1) is 31.8 Å². The van der Waals surface area contributed by atoms with E-state index in [-0.39, 0.29) is 0 Å². The van der Waals surface area contributed by atoms with E-state index >= 15 is 0 Å². The van der Waals surface area contributed by atoms with E-state index in [4.69, 9.17) is 47.0 Å². The molecule has 0 fully saturated rings. The summed E-state index contributed by atoms with van der Waals surface area (Å²) in [5, 5.41) is 1.35. The van der Waals surface area contributed by atoms with E-state index in [0.29, 0.717) is 25.5 Å². The van der Waals surface area contributed by atoms with Gasteiger partial charge in [0.1, 0.15) is 0 Å². The molecule has 2 aromatic carbocycles. The lowest BCUT2D eigenvalue weighted by Crippen LogP contribution is -1.95. The molecule has 0 spiro atoms. The summed E-state index contributed by atoms with van der Waals surface area (Å²) >= 11 is 26.0. The number of aromatic nitrogens is 2. The zero-order valence-electron chi connectivity index (χ0n) is 9.75. The first-order chi connectivity index (χ1) is 9.47. The van der Waals surface area contributed by atoms with E-state index in [1.165, 1.54) is 0 Å². The van der Waals surface area contributed by atoms with Gasteiger partial charge in [-0.3, -0.25) is 4.57 Å². The smallest absolute Gasteiger partial charge is 0.182 e. The van der Waals surface area contributed by atoms with Gasteiger partial charge in [0.2, 0.25) is 0 Å². The number of nitrogens with zero attached hydrogens (tertiary/aromatic N) is 1. The molecule has 0 amide bonds. The Morgan fingerprint density at radius 3 is 2.45 bits per heavy atom. The summed E-state index contributed by atoms with van der Waals surface area (Å²) in [5.74, 6) is 0. The Kier molecular flexibility index (Phi) is 4.03. The Morgan fingerprint density at radius 1 is 1.00 bits per heavy atom. The summed E-state index contributed by atoms with van der Waals surface area (Å²) in [5.41, 5.74) is 2.60. The summed E-state index contributed by atoms with van der Waals surface area (Å²) in [6, 6.07) is 9.35. The van der Waals surface area contributed by atoms with Crippen molar-refractivity contribution in [2.45, 2.75) is 0 Å². The first-order valence-electron chi connectivity index (χ1n) is 5.52. The molecule has 20 heavy (non-hydrogen) atoms. The highest BCUT2D eigenvalue weighted by Crippen LogP contribution is 2.33. The number of H-pyrrole nitrogens is 1. The molecule has 0 radical (unpaired) electrons. The molecule has 0 unspecified atom stereocenters. The van der Waals surface area contributed by atoms with Crippen molar-refractivity contribution in [3.05, 3.63) is 53.7 Å². The largest absolute Gasteiger partial charge is 0.330 e. The van der Waals surface area contributed by atoms with Gasteiger partial charge in [-0.1, -0.05) is 34.8 Å². The van der Waals surface area contributed by atoms with Crippen molar-refractivity contribution < 1.29 is 0 Å². The van der Waals surface area contributed by atoms with Gasteiger partial charge in [0.15, 0.2) is 4.77 Å².